The van der Waals surface area contributed by atoms with E-state index in [0.29, 0.717) is 17.5 Å². The van der Waals surface area contributed by atoms with Gasteiger partial charge in [-0.25, -0.2) is 5.01 Å². The number of aromatic nitrogens is 1. The number of rotatable bonds is 3. The Morgan fingerprint density at radius 1 is 1.59 bits per heavy atom. The number of pyridine rings is 1. The standard InChI is InChI=1S/C12H15N3O2/c1-15(2)14-12(17)11-6-7-13-9-10(11)5-3-4-8-16/h6-7,9,16H,4,8H2,1-2H3,(H,14,17). The van der Waals surface area contributed by atoms with E-state index in [2.05, 4.69) is 22.3 Å². The predicted octanol–water partition coefficient (Wildman–Crippen LogP) is 0.0219. The smallest absolute Gasteiger partial charge is 0.266 e. The molecule has 0 unspecified atom stereocenters. The van der Waals surface area contributed by atoms with Crippen molar-refractivity contribution in [2.75, 3.05) is 20.7 Å². The van der Waals surface area contributed by atoms with Crippen molar-refractivity contribution < 1.29 is 9.90 Å². The van der Waals surface area contributed by atoms with Crippen LogP contribution >= 0.6 is 0 Å². The monoisotopic (exact) mass is 233 g/mol. The summed E-state index contributed by atoms with van der Waals surface area (Å²) in [5.74, 6) is 5.35. The fourth-order valence-electron chi connectivity index (χ4n) is 1.17. The molecular formula is C12H15N3O2. The number of carbonyl (C=O) groups excluding carboxylic acids is 1. The highest BCUT2D eigenvalue weighted by atomic mass is 16.2. The Morgan fingerprint density at radius 3 is 3.00 bits per heavy atom. The van der Waals surface area contributed by atoms with Gasteiger partial charge in [0, 0.05) is 32.9 Å². The lowest BCUT2D eigenvalue weighted by molar-refractivity contribution is 0.0856. The molecule has 2 N–H and O–H groups in total. The van der Waals surface area contributed by atoms with Gasteiger partial charge in [0.25, 0.3) is 5.91 Å². The number of aliphatic hydroxyl groups is 1. The third-order valence-electron chi connectivity index (χ3n) is 1.85. The van der Waals surface area contributed by atoms with Gasteiger partial charge in [0.2, 0.25) is 0 Å². The number of nitrogens with one attached hydrogen (secondary N) is 1. The van der Waals surface area contributed by atoms with E-state index >= 15 is 0 Å². The largest absolute Gasteiger partial charge is 0.395 e. The molecule has 1 aromatic heterocycles. The molecule has 0 aliphatic rings. The van der Waals surface area contributed by atoms with E-state index in [9.17, 15) is 4.79 Å². The molecule has 0 saturated heterocycles. The average molecular weight is 233 g/mol. The van der Waals surface area contributed by atoms with Crippen LogP contribution in [0.5, 0.6) is 0 Å². The first-order valence-corrected chi connectivity index (χ1v) is 5.17. The van der Waals surface area contributed by atoms with E-state index in [4.69, 9.17) is 5.11 Å². The molecule has 0 aliphatic carbocycles. The van der Waals surface area contributed by atoms with Crippen LogP contribution in [0.4, 0.5) is 0 Å². The highest BCUT2D eigenvalue weighted by Gasteiger charge is 2.09. The second kappa shape index (κ2) is 6.63. The Morgan fingerprint density at radius 2 is 2.35 bits per heavy atom. The molecule has 17 heavy (non-hydrogen) atoms. The first-order valence-electron chi connectivity index (χ1n) is 5.17. The van der Waals surface area contributed by atoms with Crippen molar-refractivity contribution >= 4 is 5.91 Å². The second-order valence-corrected chi connectivity index (χ2v) is 3.53. The molecule has 1 rings (SSSR count). The fourth-order valence-corrected chi connectivity index (χ4v) is 1.17. The summed E-state index contributed by atoms with van der Waals surface area (Å²) in [4.78, 5) is 15.7. The second-order valence-electron chi connectivity index (χ2n) is 3.53. The van der Waals surface area contributed by atoms with E-state index in [0.717, 1.165) is 0 Å². The Kier molecular flexibility index (Phi) is 5.14. The van der Waals surface area contributed by atoms with Crippen molar-refractivity contribution in [3.8, 4) is 11.8 Å². The van der Waals surface area contributed by atoms with Gasteiger partial charge in [-0.15, -0.1) is 0 Å². The minimum atomic E-state index is -0.231. The summed E-state index contributed by atoms with van der Waals surface area (Å²) in [5, 5.41) is 10.2. The van der Waals surface area contributed by atoms with Crippen LogP contribution in [0.2, 0.25) is 0 Å². The van der Waals surface area contributed by atoms with E-state index in [1.54, 1.807) is 31.4 Å². The predicted molar refractivity (Wildman–Crippen MR) is 64.0 cm³/mol. The van der Waals surface area contributed by atoms with Crippen LogP contribution in [0.15, 0.2) is 18.5 Å². The summed E-state index contributed by atoms with van der Waals surface area (Å²) in [6, 6.07) is 1.61. The lowest BCUT2D eigenvalue weighted by atomic mass is 10.1. The maximum Gasteiger partial charge on any atom is 0.266 e. The Bertz CT molecular complexity index is 447. The quantitative estimate of drug-likeness (QED) is 0.570. The van der Waals surface area contributed by atoms with Crippen molar-refractivity contribution in [1.29, 1.82) is 0 Å². The molecule has 90 valence electrons. The maximum atomic E-state index is 11.8. The molecule has 1 heterocycles. The van der Waals surface area contributed by atoms with Gasteiger partial charge in [0.15, 0.2) is 0 Å². The Hall–Kier alpha value is -1.90. The molecule has 0 spiro atoms. The van der Waals surface area contributed by atoms with Crippen LogP contribution in [0.3, 0.4) is 0 Å². The van der Waals surface area contributed by atoms with Gasteiger partial charge in [-0.2, -0.15) is 0 Å². The van der Waals surface area contributed by atoms with Gasteiger partial charge in [0.1, 0.15) is 0 Å². The number of hydrogen-bond acceptors (Lipinski definition) is 4. The summed E-state index contributed by atoms with van der Waals surface area (Å²) in [6.07, 6.45) is 3.46. The molecule has 1 aromatic rings. The highest BCUT2D eigenvalue weighted by Crippen LogP contribution is 2.05. The lowest BCUT2D eigenvalue weighted by Crippen LogP contribution is -2.36. The number of aliphatic hydroxyl groups excluding tert-OH is 1. The van der Waals surface area contributed by atoms with E-state index in [1.165, 1.54) is 6.20 Å². The zero-order valence-corrected chi connectivity index (χ0v) is 9.90. The summed E-state index contributed by atoms with van der Waals surface area (Å²) in [7, 11) is 3.46. The molecule has 5 heteroatoms. The number of hydrazine groups is 1. The minimum absolute atomic E-state index is 0.00644. The van der Waals surface area contributed by atoms with E-state index in [1.807, 2.05) is 0 Å². The first kappa shape index (κ1) is 13.2. The molecule has 0 fully saturated rings. The van der Waals surface area contributed by atoms with E-state index < -0.39 is 0 Å². The third kappa shape index (κ3) is 4.23. The summed E-state index contributed by atoms with van der Waals surface area (Å²) in [6.45, 7) is 0.00644. The van der Waals surface area contributed by atoms with E-state index in [-0.39, 0.29) is 12.5 Å². The van der Waals surface area contributed by atoms with Gasteiger partial charge >= 0.3 is 0 Å². The number of hydrogen-bond donors (Lipinski definition) is 2. The van der Waals surface area contributed by atoms with Gasteiger partial charge in [-0.1, -0.05) is 11.8 Å². The van der Waals surface area contributed by atoms with Crippen molar-refractivity contribution in [2.45, 2.75) is 6.42 Å². The zero-order chi connectivity index (χ0) is 12.7. The van der Waals surface area contributed by atoms with Gasteiger partial charge in [0.05, 0.1) is 17.7 Å². The normalized spacial score (nSPS) is 9.65. The van der Waals surface area contributed by atoms with Crippen LogP contribution in [0.25, 0.3) is 0 Å². The first-order chi connectivity index (χ1) is 8.15. The van der Waals surface area contributed by atoms with Gasteiger partial charge < -0.3 is 5.11 Å². The molecule has 0 aromatic carbocycles. The summed E-state index contributed by atoms with van der Waals surface area (Å²) in [5.41, 5.74) is 3.67. The molecule has 0 bridgehead atoms. The minimum Gasteiger partial charge on any atom is -0.395 e. The van der Waals surface area contributed by atoms with Crippen molar-refractivity contribution in [2.24, 2.45) is 0 Å². The average Bonchev–Trinajstić information content (AvgIpc) is 2.29. The fraction of sp³-hybridized carbons (Fsp3) is 0.333. The summed E-state index contributed by atoms with van der Waals surface area (Å²) < 4.78 is 0. The molecule has 5 nitrogen and oxygen atoms in total. The van der Waals surface area contributed by atoms with Crippen LogP contribution in [-0.4, -0.2) is 41.7 Å². The number of carbonyl (C=O) groups is 1. The Balaban J connectivity index is 2.92. The van der Waals surface area contributed by atoms with Crippen LogP contribution in [0, 0.1) is 11.8 Å². The number of nitrogens with zero attached hydrogens (tertiary/aromatic N) is 2. The molecule has 0 radical (unpaired) electrons. The van der Waals surface area contributed by atoms with Gasteiger partial charge in [-0.3, -0.25) is 15.2 Å². The van der Waals surface area contributed by atoms with Crippen molar-refractivity contribution in [3.63, 3.8) is 0 Å². The Labute approximate surface area is 100 Å². The van der Waals surface area contributed by atoms with Crippen molar-refractivity contribution in [3.05, 3.63) is 29.6 Å². The van der Waals surface area contributed by atoms with Gasteiger partial charge in [-0.05, 0) is 6.07 Å². The SMILES string of the molecule is CN(C)NC(=O)c1ccncc1C#CCCO. The van der Waals surface area contributed by atoms with Crippen LogP contribution < -0.4 is 5.43 Å². The topological polar surface area (TPSA) is 65.5 Å². The van der Waals surface area contributed by atoms with Crippen molar-refractivity contribution in [1.82, 2.24) is 15.4 Å². The molecule has 0 saturated carbocycles. The third-order valence-corrected chi connectivity index (χ3v) is 1.85. The molecular weight excluding hydrogens is 218 g/mol. The zero-order valence-electron chi connectivity index (χ0n) is 9.90. The molecule has 1 amide bonds. The highest BCUT2D eigenvalue weighted by molar-refractivity contribution is 5.96. The maximum absolute atomic E-state index is 11.8. The molecule has 0 atom stereocenters. The summed E-state index contributed by atoms with van der Waals surface area (Å²) >= 11 is 0. The van der Waals surface area contributed by atoms with Crippen LogP contribution in [0.1, 0.15) is 22.3 Å². The van der Waals surface area contributed by atoms with Crippen LogP contribution in [-0.2, 0) is 0 Å². The molecule has 0 aliphatic heterocycles. The number of amides is 1. The lowest BCUT2D eigenvalue weighted by Gasteiger charge is -2.12.